The van der Waals surface area contributed by atoms with Crippen LogP contribution in [-0.2, 0) is 20.7 Å². The second-order valence-corrected chi connectivity index (χ2v) is 7.90. The summed E-state index contributed by atoms with van der Waals surface area (Å²) in [5.41, 5.74) is -0.510. The lowest BCUT2D eigenvalue weighted by atomic mass is 9.62. The van der Waals surface area contributed by atoms with Crippen LogP contribution in [0.15, 0.2) is 24.3 Å². The number of hydrogen-bond donors (Lipinski definition) is 1. The zero-order chi connectivity index (χ0) is 16.9. The van der Waals surface area contributed by atoms with Gasteiger partial charge in [-0.1, -0.05) is 23.7 Å². The van der Waals surface area contributed by atoms with E-state index in [0.717, 1.165) is 24.4 Å². The number of carbonyl (C=O) groups is 2. The molecule has 1 amide bonds. The lowest BCUT2D eigenvalue weighted by Gasteiger charge is -2.42. The fraction of sp³-hybridized carbons (Fsp3) is 0.556. The van der Waals surface area contributed by atoms with Gasteiger partial charge < -0.3 is 14.7 Å². The standard InChI is InChI=1S/C18H20ClNO4/c19-14-3-1-2-12(7-14)6-13-4-5-20(8-13)15(21)18-9-17(10-18,11-24-18)16(22)23/h1-3,7,13H,4-6,8-11H2,(H,22,23). The second kappa shape index (κ2) is 5.46. The maximum absolute atomic E-state index is 12.8. The number of aliphatic carboxylic acids is 1. The number of hydrogen-bond acceptors (Lipinski definition) is 3. The van der Waals surface area contributed by atoms with Crippen molar-refractivity contribution in [3.05, 3.63) is 34.9 Å². The number of benzene rings is 1. The van der Waals surface area contributed by atoms with Gasteiger partial charge in [-0.05, 0) is 36.5 Å². The van der Waals surface area contributed by atoms with E-state index in [0.29, 0.717) is 25.3 Å². The van der Waals surface area contributed by atoms with Crippen molar-refractivity contribution in [3.8, 4) is 0 Å². The highest BCUT2D eigenvalue weighted by molar-refractivity contribution is 6.30. The lowest BCUT2D eigenvalue weighted by molar-refractivity contribution is -0.163. The van der Waals surface area contributed by atoms with Gasteiger partial charge in [-0.15, -0.1) is 0 Å². The summed E-state index contributed by atoms with van der Waals surface area (Å²) in [6.07, 6.45) is 2.50. The summed E-state index contributed by atoms with van der Waals surface area (Å²) >= 11 is 6.03. The van der Waals surface area contributed by atoms with Gasteiger partial charge in [-0.2, -0.15) is 0 Å². The highest BCUT2D eigenvalue weighted by Gasteiger charge is 2.70. The SMILES string of the molecule is O=C(O)C12COC(C(=O)N3CCC(Cc4cccc(Cl)c4)C3)(C1)C2. The van der Waals surface area contributed by atoms with Crippen LogP contribution < -0.4 is 0 Å². The van der Waals surface area contributed by atoms with E-state index in [2.05, 4.69) is 6.07 Å². The number of likely N-dealkylation sites (tertiary alicyclic amines) is 1. The van der Waals surface area contributed by atoms with Crippen LogP contribution in [0.5, 0.6) is 0 Å². The van der Waals surface area contributed by atoms with Crippen molar-refractivity contribution < 1.29 is 19.4 Å². The Balaban J connectivity index is 1.37. The largest absolute Gasteiger partial charge is 0.481 e. The van der Waals surface area contributed by atoms with E-state index in [4.69, 9.17) is 16.3 Å². The first-order valence-electron chi connectivity index (χ1n) is 8.34. The predicted molar refractivity (Wildman–Crippen MR) is 87.8 cm³/mol. The average Bonchev–Trinajstić information content (AvgIpc) is 3.19. The Labute approximate surface area is 145 Å². The number of nitrogens with zero attached hydrogens (tertiary/aromatic N) is 1. The molecule has 3 saturated heterocycles. The topological polar surface area (TPSA) is 66.8 Å². The van der Waals surface area contributed by atoms with Gasteiger partial charge in [-0.3, -0.25) is 9.59 Å². The molecule has 3 aliphatic heterocycles. The van der Waals surface area contributed by atoms with Crippen molar-refractivity contribution in [3.63, 3.8) is 0 Å². The molecule has 1 aromatic carbocycles. The van der Waals surface area contributed by atoms with Crippen molar-refractivity contribution in [1.82, 2.24) is 4.90 Å². The first kappa shape index (κ1) is 15.9. The zero-order valence-corrected chi connectivity index (χ0v) is 14.1. The van der Waals surface area contributed by atoms with E-state index in [1.807, 2.05) is 23.1 Å². The van der Waals surface area contributed by atoms with E-state index in [-0.39, 0.29) is 12.5 Å². The average molecular weight is 350 g/mol. The molecule has 2 bridgehead atoms. The summed E-state index contributed by atoms with van der Waals surface area (Å²) in [5.74, 6) is -0.455. The minimum Gasteiger partial charge on any atom is -0.481 e. The van der Waals surface area contributed by atoms with Crippen LogP contribution in [0.3, 0.4) is 0 Å². The number of carboxylic acid groups (broad SMARTS) is 1. The van der Waals surface area contributed by atoms with Crippen LogP contribution in [0, 0.1) is 11.3 Å². The summed E-state index contributed by atoms with van der Waals surface area (Å²) < 4.78 is 5.63. The predicted octanol–water partition coefficient (Wildman–Crippen LogP) is 2.36. The number of halogens is 1. The van der Waals surface area contributed by atoms with E-state index < -0.39 is 17.0 Å². The van der Waals surface area contributed by atoms with Crippen LogP contribution >= 0.6 is 11.6 Å². The molecule has 24 heavy (non-hydrogen) atoms. The maximum atomic E-state index is 12.8. The van der Waals surface area contributed by atoms with Crippen LogP contribution in [0.1, 0.15) is 24.8 Å². The van der Waals surface area contributed by atoms with Gasteiger partial charge >= 0.3 is 5.97 Å². The molecular weight excluding hydrogens is 330 g/mol. The summed E-state index contributed by atoms with van der Waals surface area (Å²) in [4.78, 5) is 26.0. The first-order valence-corrected chi connectivity index (χ1v) is 8.72. The molecule has 5 nitrogen and oxygen atoms in total. The van der Waals surface area contributed by atoms with Crippen LogP contribution in [0.4, 0.5) is 0 Å². The molecule has 1 aliphatic carbocycles. The Morgan fingerprint density at radius 1 is 1.38 bits per heavy atom. The van der Waals surface area contributed by atoms with Crippen LogP contribution in [0.2, 0.25) is 5.02 Å². The number of amides is 1. The molecular formula is C18H20ClNO4. The van der Waals surface area contributed by atoms with E-state index in [9.17, 15) is 14.7 Å². The van der Waals surface area contributed by atoms with Crippen molar-refractivity contribution in [2.24, 2.45) is 11.3 Å². The van der Waals surface area contributed by atoms with Gasteiger partial charge in [0.05, 0.1) is 12.0 Å². The molecule has 0 aromatic heterocycles. The molecule has 1 atom stereocenters. The number of ether oxygens (including phenoxy) is 1. The minimum absolute atomic E-state index is 0.0227. The smallest absolute Gasteiger partial charge is 0.312 e. The second-order valence-electron chi connectivity index (χ2n) is 7.46. The highest BCUT2D eigenvalue weighted by Crippen LogP contribution is 2.58. The van der Waals surface area contributed by atoms with Crippen LogP contribution in [0.25, 0.3) is 0 Å². The zero-order valence-electron chi connectivity index (χ0n) is 13.3. The molecule has 5 rings (SSSR count). The molecule has 1 aromatic rings. The fourth-order valence-corrected chi connectivity index (χ4v) is 4.63. The lowest BCUT2D eigenvalue weighted by Crippen LogP contribution is -2.57. The molecule has 3 heterocycles. The van der Waals surface area contributed by atoms with Crippen molar-refractivity contribution in [2.45, 2.75) is 31.3 Å². The number of carbonyl (C=O) groups excluding carboxylic acids is 1. The van der Waals surface area contributed by atoms with Crippen molar-refractivity contribution >= 4 is 23.5 Å². The Morgan fingerprint density at radius 3 is 2.83 bits per heavy atom. The van der Waals surface area contributed by atoms with E-state index >= 15 is 0 Å². The quantitative estimate of drug-likeness (QED) is 0.906. The molecule has 0 spiro atoms. The van der Waals surface area contributed by atoms with E-state index in [1.165, 1.54) is 5.56 Å². The number of carboxylic acids is 1. The third-order valence-corrected chi connectivity index (χ3v) is 5.94. The molecule has 1 saturated carbocycles. The van der Waals surface area contributed by atoms with Gasteiger partial charge in [0, 0.05) is 31.0 Å². The van der Waals surface area contributed by atoms with Gasteiger partial charge in [0.15, 0.2) is 0 Å². The molecule has 4 aliphatic rings. The molecule has 0 radical (unpaired) electrons. The van der Waals surface area contributed by atoms with Gasteiger partial charge in [0.1, 0.15) is 5.60 Å². The number of fused-ring (bicyclic) bond motifs is 1. The van der Waals surface area contributed by atoms with Crippen LogP contribution in [-0.4, -0.2) is 47.2 Å². The van der Waals surface area contributed by atoms with Gasteiger partial charge in [0.2, 0.25) is 0 Å². The van der Waals surface area contributed by atoms with Gasteiger partial charge in [-0.25, -0.2) is 0 Å². The Morgan fingerprint density at radius 2 is 2.17 bits per heavy atom. The van der Waals surface area contributed by atoms with E-state index in [1.54, 1.807) is 0 Å². The van der Waals surface area contributed by atoms with Crippen molar-refractivity contribution in [2.75, 3.05) is 19.7 Å². The minimum atomic E-state index is -0.872. The third kappa shape index (κ3) is 2.42. The fourth-order valence-electron chi connectivity index (χ4n) is 4.42. The molecule has 128 valence electrons. The Hall–Kier alpha value is -1.59. The van der Waals surface area contributed by atoms with Crippen molar-refractivity contribution in [1.29, 1.82) is 0 Å². The molecule has 1 unspecified atom stereocenters. The summed E-state index contributed by atoms with van der Waals surface area (Å²) in [7, 11) is 0. The Kier molecular flexibility index (Phi) is 3.62. The monoisotopic (exact) mass is 349 g/mol. The number of rotatable bonds is 4. The maximum Gasteiger partial charge on any atom is 0.312 e. The first-order chi connectivity index (χ1) is 11.4. The third-order valence-electron chi connectivity index (χ3n) is 5.70. The molecule has 4 fully saturated rings. The molecule has 6 heteroatoms. The van der Waals surface area contributed by atoms with Gasteiger partial charge in [0.25, 0.3) is 5.91 Å². The Bertz CT molecular complexity index is 698. The normalized spacial score (nSPS) is 34.2. The summed E-state index contributed by atoms with van der Waals surface area (Å²) in [5, 5.41) is 10.0. The highest BCUT2D eigenvalue weighted by atomic mass is 35.5. The molecule has 1 N–H and O–H groups in total. The summed E-state index contributed by atoms with van der Waals surface area (Å²) in [6, 6.07) is 7.83. The summed E-state index contributed by atoms with van der Waals surface area (Å²) in [6.45, 7) is 1.58.